The van der Waals surface area contributed by atoms with E-state index in [9.17, 15) is 0 Å². The number of fused-ring (bicyclic) bond motifs is 12. The molecule has 0 bridgehead atoms. The molecule has 21 rings (SSSR count). The maximum absolute atomic E-state index is 5.68. The van der Waals surface area contributed by atoms with Gasteiger partial charge in [-0.2, -0.15) is 0 Å². The van der Waals surface area contributed by atoms with Crippen LogP contribution in [0.4, 0.5) is 0 Å². The van der Waals surface area contributed by atoms with Gasteiger partial charge in [0.2, 0.25) is 0 Å². The van der Waals surface area contributed by atoms with E-state index in [-0.39, 0.29) is 5.41 Å². The van der Waals surface area contributed by atoms with E-state index >= 15 is 0 Å². The van der Waals surface area contributed by atoms with Gasteiger partial charge in [0.25, 0.3) is 0 Å². The van der Waals surface area contributed by atoms with Crippen LogP contribution in [0.25, 0.3) is 212 Å². The van der Waals surface area contributed by atoms with Crippen LogP contribution in [0.15, 0.2) is 340 Å². The second-order valence-electron chi connectivity index (χ2n) is 28.5. The number of aromatic nitrogens is 8. The van der Waals surface area contributed by atoms with Crippen LogP contribution in [0, 0.1) is 0 Å². The van der Waals surface area contributed by atoms with Crippen molar-refractivity contribution in [3.63, 3.8) is 0 Å². The third kappa shape index (κ3) is 10.4. The van der Waals surface area contributed by atoms with Crippen molar-refractivity contribution >= 4 is 54.4 Å². The van der Waals surface area contributed by atoms with Gasteiger partial charge in [-0.15, -0.1) is 0 Å². The lowest BCUT2D eigenvalue weighted by Crippen LogP contribution is -2.15. The molecule has 19 aromatic rings. The summed E-state index contributed by atoms with van der Waals surface area (Å²) in [6.45, 7) is 4.72. The van der Waals surface area contributed by atoms with E-state index in [2.05, 4.69) is 281 Å². The smallest absolute Gasteiger partial charge is 0.160 e. The lowest BCUT2D eigenvalue weighted by atomic mass is 9.80. The van der Waals surface area contributed by atoms with E-state index < -0.39 is 0 Å². The Labute approximate surface area is 617 Å². The summed E-state index contributed by atoms with van der Waals surface area (Å²) in [6.07, 6.45) is 0. The molecular formula is C99H62N8. The molecule has 0 amide bonds. The number of benzene rings is 13. The van der Waals surface area contributed by atoms with Crippen LogP contribution in [0.2, 0.25) is 0 Å². The van der Waals surface area contributed by atoms with Gasteiger partial charge in [0.05, 0.1) is 67.6 Å². The molecule has 0 saturated heterocycles. The van der Waals surface area contributed by atoms with Crippen molar-refractivity contribution in [2.24, 2.45) is 0 Å². The first kappa shape index (κ1) is 61.6. The molecule has 6 aromatic heterocycles. The normalized spacial score (nSPS) is 12.5. The van der Waals surface area contributed by atoms with Crippen molar-refractivity contribution in [2.75, 3.05) is 0 Å². The first-order valence-electron chi connectivity index (χ1n) is 36.4. The number of nitrogens with zero attached hydrogens (tertiary/aromatic N) is 8. The molecule has 498 valence electrons. The molecule has 2 aliphatic rings. The van der Waals surface area contributed by atoms with E-state index in [1.54, 1.807) is 0 Å². The van der Waals surface area contributed by atoms with Crippen LogP contribution in [-0.2, 0) is 5.41 Å². The largest absolute Gasteiger partial charge is 0.245 e. The third-order valence-electron chi connectivity index (χ3n) is 21.8. The molecule has 0 fully saturated rings. The van der Waals surface area contributed by atoms with E-state index in [0.717, 1.165) is 156 Å². The summed E-state index contributed by atoms with van der Waals surface area (Å²) in [6, 6.07) is 120. The van der Waals surface area contributed by atoms with Gasteiger partial charge in [0.15, 0.2) is 11.6 Å². The molecule has 0 aliphatic heterocycles. The molecule has 0 spiro atoms. The van der Waals surface area contributed by atoms with Crippen molar-refractivity contribution in [1.82, 2.24) is 39.9 Å². The van der Waals surface area contributed by atoms with Crippen LogP contribution in [0.1, 0.15) is 25.0 Å². The van der Waals surface area contributed by atoms with Gasteiger partial charge in [-0.3, -0.25) is 0 Å². The fraction of sp³-hybridized carbons (Fsp3) is 0.0303. The molecule has 107 heavy (non-hydrogen) atoms. The van der Waals surface area contributed by atoms with Crippen LogP contribution >= 0.6 is 0 Å². The average Bonchev–Trinajstić information content (AvgIpc) is 1.62. The van der Waals surface area contributed by atoms with Crippen molar-refractivity contribution in [1.29, 1.82) is 0 Å². The lowest BCUT2D eigenvalue weighted by Gasteiger charge is -2.23. The Morgan fingerprint density at radius 3 is 1.15 bits per heavy atom. The first-order valence-corrected chi connectivity index (χ1v) is 36.4. The Morgan fingerprint density at radius 2 is 0.561 bits per heavy atom. The number of rotatable bonds is 11. The molecule has 8 nitrogen and oxygen atoms in total. The molecule has 0 N–H and O–H groups in total. The summed E-state index contributed by atoms with van der Waals surface area (Å²) in [4.78, 5) is 42.9. The highest BCUT2D eigenvalue weighted by molar-refractivity contribution is 6.19. The highest BCUT2D eigenvalue weighted by Gasteiger charge is 2.36. The molecular weight excluding hydrogens is 1300 g/mol. The van der Waals surface area contributed by atoms with Crippen LogP contribution in [-0.4, -0.2) is 39.9 Å². The molecule has 8 heteroatoms. The quantitative estimate of drug-likeness (QED) is 0.118. The van der Waals surface area contributed by atoms with Crippen LogP contribution in [0.3, 0.4) is 0 Å². The maximum atomic E-state index is 5.68. The fourth-order valence-electron chi connectivity index (χ4n) is 16.4. The summed E-state index contributed by atoms with van der Waals surface area (Å²) in [5, 5.41) is 6.53. The van der Waals surface area contributed by atoms with Crippen LogP contribution in [0.5, 0.6) is 0 Å². The van der Waals surface area contributed by atoms with Crippen molar-refractivity contribution < 1.29 is 0 Å². The molecule has 0 atom stereocenters. The summed E-state index contributed by atoms with van der Waals surface area (Å²) in [5.41, 5.74) is 32.2. The lowest BCUT2D eigenvalue weighted by molar-refractivity contribution is 0.661. The first-order chi connectivity index (χ1) is 52.7. The van der Waals surface area contributed by atoms with E-state index in [4.69, 9.17) is 39.9 Å². The molecule has 0 unspecified atom stereocenters. The maximum Gasteiger partial charge on any atom is 0.160 e. The number of pyridine rings is 4. The SMILES string of the molecule is CC1(C)c2cc(-c3ccc4ccc5ccc(-c6cccc(-c7nc(-c8ccccc8)cc(-c8ccccc8)n7)c6)nc5c4n3)ccc2-c2ccc(-c3cc4ccc(-c5ccc6c7c(cccc57)-c5ccccc5-6)nc4c4nc(-c5ccc(-c6nc(-c7ccccc7)cc(-c7ccccc7)n6)cc5)ccc34)cc21. The summed E-state index contributed by atoms with van der Waals surface area (Å²) in [5.74, 6) is 1.31. The average molecular weight is 1360 g/mol. The standard InChI is InChI=1S/C99H62N8/c1-99(2)82-55-67(39-44-74(82)75-45-40-69(56-83(75)99)86-50-42-65-36-35-64-41-49-85(100-93(64)94(65)101-86)68-27-17-28-71(53-68)98-106-90(61-23-11-5-12-24-61)58-91(107-98)62-25-13-6-14-26-62)81-54-70-43-51-87(76-46-47-79-73-30-16-15-29-72(73)77-31-18-32-78(76)92(77)79)103-95(70)96-80(81)48-52-84(102-96)63-33-37-66(38-34-63)97-104-88(59-19-7-3-8-20-59)57-89(105-97)60-21-9-4-10-22-60/h3-58H,1-2H3. The second-order valence-corrected chi connectivity index (χ2v) is 28.5. The second kappa shape index (κ2) is 24.6. The molecule has 6 heterocycles. The molecule has 0 saturated carbocycles. The Hall–Kier alpha value is -14.1. The van der Waals surface area contributed by atoms with Crippen molar-refractivity contribution in [3.05, 3.63) is 351 Å². The number of hydrogen-bond acceptors (Lipinski definition) is 8. The molecule has 13 aromatic carbocycles. The Kier molecular flexibility index (Phi) is 14.1. The zero-order valence-electron chi connectivity index (χ0n) is 58.4. The molecule has 0 radical (unpaired) electrons. The van der Waals surface area contributed by atoms with E-state index in [0.29, 0.717) is 11.6 Å². The van der Waals surface area contributed by atoms with Gasteiger partial charge >= 0.3 is 0 Å². The van der Waals surface area contributed by atoms with Crippen LogP contribution < -0.4 is 0 Å². The summed E-state index contributed by atoms with van der Waals surface area (Å²) in [7, 11) is 0. The van der Waals surface area contributed by atoms with Gasteiger partial charge in [0, 0.05) is 82.6 Å². The summed E-state index contributed by atoms with van der Waals surface area (Å²) < 4.78 is 0. The number of hydrogen-bond donors (Lipinski definition) is 0. The highest BCUT2D eigenvalue weighted by atomic mass is 14.9. The van der Waals surface area contributed by atoms with Crippen molar-refractivity contribution in [2.45, 2.75) is 19.3 Å². The summed E-state index contributed by atoms with van der Waals surface area (Å²) >= 11 is 0. The van der Waals surface area contributed by atoms with E-state index in [1.165, 1.54) is 55.3 Å². The topological polar surface area (TPSA) is 103 Å². The van der Waals surface area contributed by atoms with Gasteiger partial charge in [-0.05, 0) is 133 Å². The highest BCUT2D eigenvalue weighted by Crippen LogP contribution is 2.53. The monoisotopic (exact) mass is 1360 g/mol. The Balaban J connectivity index is 0.638. The minimum atomic E-state index is -0.360. The zero-order chi connectivity index (χ0) is 70.8. The predicted molar refractivity (Wildman–Crippen MR) is 438 cm³/mol. The van der Waals surface area contributed by atoms with Gasteiger partial charge in [-0.1, -0.05) is 287 Å². The third-order valence-corrected chi connectivity index (χ3v) is 21.8. The van der Waals surface area contributed by atoms with Gasteiger partial charge in [-0.25, -0.2) is 39.9 Å². The van der Waals surface area contributed by atoms with Gasteiger partial charge < -0.3 is 0 Å². The fourth-order valence-corrected chi connectivity index (χ4v) is 16.4. The minimum absolute atomic E-state index is 0.360. The van der Waals surface area contributed by atoms with Gasteiger partial charge in [0.1, 0.15) is 0 Å². The predicted octanol–water partition coefficient (Wildman–Crippen LogP) is 24.9. The minimum Gasteiger partial charge on any atom is -0.245 e. The zero-order valence-corrected chi connectivity index (χ0v) is 58.4. The van der Waals surface area contributed by atoms with Crippen molar-refractivity contribution in [3.8, 4) is 157 Å². The Bertz CT molecular complexity index is 6730. The van der Waals surface area contributed by atoms with E-state index in [1.807, 2.05) is 72.8 Å². The molecule has 2 aliphatic carbocycles. The Morgan fingerprint density at radius 1 is 0.187 bits per heavy atom.